The largest absolute Gasteiger partial charge is 0.377 e. The summed E-state index contributed by atoms with van der Waals surface area (Å²) in [6.07, 6.45) is 1.68. The molecule has 0 aliphatic carbocycles. The highest BCUT2D eigenvalue weighted by Gasteiger charge is 2.43. The first kappa shape index (κ1) is 8.14. The van der Waals surface area contributed by atoms with E-state index in [-0.39, 0.29) is 0 Å². The molecule has 1 aliphatic rings. The Kier molecular flexibility index (Phi) is 1.74. The van der Waals surface area contributed by atoms with Gasteiger partial charge in [0.25, 0.3) is 0 Å². The lowest BCUT2D eigenvalue weighted by Gasteiger charge is -2.33. The summed E-state index contributed by atoms with van der Waals surface area (Å²) in [5, 5.41) is 8.97. The Bertz CT molecular complexity index is 365. The molecule has 0 aromatic carbocycles. The van der Waals surface area contributed by atoms with Gasteiger partial charge in [0.1, 0.15) is 0 Å². The van der Waals surface area contributed by atoms with Gasteiger partial charge in [-0.2, -0.15) is 5.26 Å². The normalized spacial score (nSPS) is 18.8. The van der Waals surface area contributed by atoms with Gasteiger partial charge < -0.3 is 4.74 Å². The van der Waals surface area contributed by atoms with Crippen molar-refractivity contribution in [1.82, 2.24) is 9.97 Å². The van der Waals surface area contributed by atoms with Crippen molar-refractivity contribution in [2.45, 2.75) is 12.3 Å². The molecule has 1 aromatic rings. The van der Waals surface area contributed by atoms with Gasteiger partial charge in [-0.25, -0.2) is 9.97 Å². The molecule has 4 heteroatoms. The maximum atomic E-state index is 8.97. The first-order valence-corrected chi connectivity index (χ1v) is 4.06. The number of nitriles is 1. The van der Waals surface area contributed by atoms with Crippen LogP contribution in [0.5, 0.6) is 0 Å². The summed E-state index contributed by atoms with van der Waals surface area (Å²) >= 11 is 0. The van der Waals surface area contributed by atoms with Crippen LogP contribution in [0.25, 0.3) is 0 Å². The van der Waals surface area contributed by atoms with Crippen molar-refractivity contribution in [3.05, 3.63) is 23.8 Å². The molecule has 1 saturated heterocycles. The van der Waals surface area contributed by atoms with Crippen LogP contribution in [0.1, 0.15) is 11.5 Å². The molecular formula is C9H9N3O. The summed E-state index contributed by atoms with van der Waals surface area (Å²) in [6.45, 7) is 2.70. The predicted octanol–water partition coefficient (Wildman–Crippen LogP) is 0.577. The van der Waals surface area contributed by atoms with Crippen molar-refractivity contribution >= 4 is 0 Å². The van der Waals surface area contributed by atoms with Crippen LogP contribution in [0, 0.1) is 18.3 Å². The van der Waals surface area contributed by atoms with Crippen LogP contribution in [-0.2, 0) is 10.2 Å². The molecule has 0 saturated carbocycles. The fourth-order valence-electron chi connectivity index (χ4n) is 1.23. The number of aryl methyl sites for hydroxylation is 1. The van der Waals surface area contributed by atoms with Crippen molar-refractivity contribution in [3.63, 3.8) is 0 Å². The van der Waals surface area contributed by atoms with Crippen LogP contribution >= 0.6 is 0 Å². The van der Waals surface area contributed by atoms with Gasteiger partial charge in [0.15, 0.2) is 11.2 Å². The van der Waals surface area contributed by atoms with Gasteiger partial charge >= 0.3 is 0 Å². The zero-order valence-electron chi connectivity index (χ0n) is 7.32. The molecule has 0 atom stereocenters. The number of aromatic nitrogens is 2. The number of rotatable bonds is 1. The molecule has 13 heavy (non-hydrogen) atoms. The Morgan fingerprint density at radius 1 is 1.62 bits per heavy atom. The summed E-state index contributed by atoms with van der Waals surface area (Å²) in [5.74, 6) is 0.584. The third-order valence-corrected chi connectivity index (χ3v) is 2.13. The van der Waals surface area contributed by atoms with Crippen molar-refractivity contribution in [2.24, 2.45) is 0 Å². The number of hydrogen-bond donors (Lipinski definition) is 0. The van der Waals surface area contributed by atoms with Gasteiger partial charge in [0.05, 0.1) is 19.3 Å². The number of nitrogens with zero attached hydrogens (tertiary/aromatic N) is 3. The lowest BCUT2D eigenvalue weighted by atomic mass is 9.87. The summed E-state index contributed by atoms with van der Waals surface area (Å²) in [6, 6.07) is 4.02. The Morgan fingerprint density at radius 2 is 2.38 bits per heavy atom. The van der Waals surface area contributed by atoms with Gasteiger partial charge in [-0.15, -0.1) is 0 Å². The summed E-state index contributed by atoms with van der Waals surface area (Å²) in [4.78, 5) is 8.32. The van der Waals surface area contributed by atoms with E-state index < -0.39 is 5.41 Å². The predicted molar refractivity (Wildman–Crippen MR) is 44.9 cm³/mol. The molecule has 2 heterocycles. The van der Waals surface area contributed by atoms with E-state index in [0.29, 0.717) is 19.0 Å². The third-order valence-electron chi connectivity index (χ3n) is 2.13. The van der Waals surface area contributed by atoms with E-state index in [1.165, 1.54) is 0 Å². The molecule has 0 radical (unpaired) electrons. The maximum absolute atomic E-state index is 8.97. The highest BCUT2D eigenvalue weighted by Crippen LogP contribution is 2.28. The van der Waals surface area contributed by atoms with Crippen LogP contribution in [0.4, 0.5) is 0 Å². The van der Waals surface area contributed by atoms with E-state index >= 15 is 0 Å². The molecule has 1 aliphatic heterocycles. The molecule has 4 nitrogen and oxygen atoms in total. The van der Waals surface area contributed by atoms with E-state index in [1.807, 2.05) is 13.0 Å². The molecule has 0 spiro atoms. The topological polar surface area (TPSA) is 58.8 Å². The average Bonchev–Trinajstić information content (AvgIpc) is 2.03. The monoisotopic (exact) mass is 175 g/mol. The molecule has 1 aromatic heterocycles. The van der Waals surface area contributed by atoms with Crippen LogP contribution in [0.2, 0.25) is 0 Å². The number of ether oxygens (including phenoxy) is 1. The molecule has 66 valence electrons. The average molecular weight is 175 g/mol. The quantitative estimate of drug-likeness (QED) is 0.626. The Hall–Kier alpha value is -1.47. The Balaban J connectivity index is 2.40. The van der Waals surface area contributed by atoms with E-state index in [0.717, 1.165) is 5.69 Å². The SMILES string of the molecule is Cc1ccnc(C2(C#N)COC2)n1. The summed E-state index contributed by atoms with van der Waals surface area (Å²) < 4.78 is 5.02. The first-order valence-electron chi connectivity index (χ1n) is 4.06. The standard InChI is InChI=1S/C9H9N3O/c1-7-2-3-11-8(12-7)9(4-10)5-13-6-9/h2-3H,5-6H2,1H3. The van der Waals surface area contributed by atoms with Crippen molar-refractivity contribution in [3.8, 4) is 6.07 Å². The second kappa shape index (κ2) is 2.79. The molecule has 0 N–H and O–H groups in total. The zero-order chi connectivity index (χ0) is 9.31. The molecular weight excluding hydrogens is 166 g/mol. The lowest BCUT2D eigenvalue weighted by Crippen LogP contribution is -2.46. The molecule has 1 fully saturated rings. The van der Waals surface area contributed by atoms with E-state index in [9.17, 15) is 0 Å². The van der Waals surface area contributed by atoms with Gasteiger partial charge in [0, 0.05) is 11.9 Å². The zero-order valence-corrected chi connectivity index (χ0v) is 7.32. The molecule has 0 amide bonds. The summed E-state index contributed by atoms with van der Waals surface area (Å²) in [7, 11) is 0. The van der Waals surface area contributed by atoms with Crippen LogP contribution in [0.3, 0.4) is 0 Å². The van der Waals surface area contributed by atoms with Crippen LogP contribution in [-0.4, -0.2) is 23.2 Å². The minimum Gasteiger partial charge on any atom is -0.377 e. The Morgan fingerprint density at radius 3 is 2.85 bits per heavy atom. The molecule has 2 rings (SSSR count). The fourth-order valence-corrected chi connectivity index (χ4v) is 1.23. The van der Waals surface area contributed by atoms with Crippen LogP contribution < -0.4 is 0 Å². The molecule has 0 unspecified atom stereocenters. The highest BCUT2D eigenvalue weighted by molar-refractivity contribution is 5.25. The first-order chi connectivity index (χ1) is 6.27. The minimum atomic E-state index is -0.591. The van der Waals surface area contributed by atoms with E-state index in [2.05, 4.69) is 16.0 Å². The van der Waals surface area contributed by atoms with E-state index in [1.54, 1.807) is 6.20 Å². The second-order valence-corrected chi connectivity index (χ2v) is 3.21. The maximum Gasteiger partial charge on any atom is 0.163 e. The van der Waals surface area contributed by atoms with Crippen molar-refractivity contribution < 1.29 is 4.74 Å². The van der Waals surface area contributed by atoms with Gasteiger partial charge in [0.2, 0.25) is 0 Å². The second-order valence-electron chi connectivity index (χ2n) is 3.21. The lowest BCUT2D eigenvalue weighted by molar-refractivity contribution is -0.0339. The smallest absolute Gasteiger partial charge is 0.163 e. The number of hydrogen-bond acceptors (Lipinski definition) is 4. The summed E-state index contributed by atoms with van der Waals surface area (Å²) in [5.41, 5.74) is 0.290. The van der Waals surface area contributed by atoms with Crippen molar-refractivity contribution in [1.29, 1.82) is 5.26 Å². The minimum absolute atomic E-state index is 0.410. The third kappa shape index (κ3) is 1.18. The van der Waals surface area contributed by atoms with E-state index in [4.69, 9.17) is 10.00 Å². The highest BCUT2D eigenvalue weighted by atomic mass is 16.5. The van der Waals surface area contributed by atoms with Crippen molar-refractivity contribution in [2.75, 3.05) is 13.2 Å². The Labute approximate surface area is 76.2 Å². The fraction of sp³-hybridized carbons (Fsp3) is 0.444. The molecule has 0 bridgehead atoms. The van der Waals surface area contributed by atoms with Gasteiger partial charge in [-0.05, 0) is 13.0 Å². The van der Waals surface area contributed by atoms with Gasteiger partial charge in [-0.1, -0.05) is 0 Å². The van der Waals surface area contributed by atoms with Crippen LogP contribution in [0.15, 0.2) is 12.3 Å². The van der Waals surface area contributed by atoms with Gasteiger partial charge in [-0.3, -0.25) is 0 Å².